The molecule has 1 fully saturated rings. The highest BCUT2D eigenvalue weighted by atomic mass is 32.2. The van der Waals surface area contributed by atoms with Crippen molar-refractivity contribution in [2.24, 2.45) is 0 Å². The van der Waals surface area contributed by atoms with Crippen molar-refractivity contribution in [1.82, 2.24) is 0 Å². The van der Waals surface area contributed by atoms with Crippen LogP contribution >= 0.6 is 11.8 Å². The van der Waals surface area contributed by atoms with E-state index in [9.17, 15) is 10.2 Å². The first-order valence-electron chi connectivity index (χ1n) is 3.96. The van der Waals surface area contributed by atoms with Crippen molar-refractivity contribution >= 4 is 11.8 Å². The van der Waals surface area contributed by atoms with Crippen molar-refractivity contribution < 1.29 is 10.2 Å². The van der Waals surface area contributed by atoms with E-state index >= 15 is 0 Å². The number of rotatable bonds is 0. The van der Waals surface area contributed by atoms with Gasteiger partial charge in [-0.3, -0.25) is 0 Å². The zero-order valence-corrected chi connectivity index (χ0v) is 7.05. The third-order valence-corrected chi connectivity index (χ3v) is 4.11. The van der Waals surface area contributed by atoms with Gasteiger partial charge in [0, 0.05) is 0 Å². The summed E-state index contributed by atoms with van der Waals surface area (Å²) < 4.78 is -0.278. The van der Waals surface area contributed by atoms with Crippen LogP contribution in [0.15, 0.2) is 11.5 Å². The molecular formula is C8H12O2S. The van der Waals surface area contributed by atoms with Crippen molar-refractivity contribution in [2.45, 2.75) is 36.2 Å². The van der Waals surface area contributed by atoms with Crippen LogP contribution in [0.3, 0.4) is 0 Å². The Balaban J connectivity index is 2.22. The fourth-order valence-corrected chi connectivity index (χ4v) is 3.17. The van der Waals surface area contributed by atoms with Gasteiger partial charge in [0.05, 0.1) is 17.0 Å². The molecular weight excluding hydrogens is 160 g/mol. The summed E-state index contributed by atoms with van der Waals surface area (Å²) in [6.45, 7) is 0. The quantitative estimate of drug-likeness (QED) is 0.570. The first-order valence-corrected chi connectivity index (χ1v) is 4.84. The topological polar surface area (TPSA) is 40.5 Å². The van der Waals surface area contributed by atoms with Gasteiger partial charge in [-0.2, -0.15) is 0 Å². The first kappa shape index (κ1) is 7.65. The normalized spacial score (nSPS) is 49.3. The Bertz CT molecular complexity index is 193. The van der Waals surface area contributed by atoms with E-state index in [1.54, 1.807) is 17.8 Å². The molecule has 0 amide bonds. The van der Waals surface area contributed by atoms with Crippen molar-refractivity contribution in [3.63, 3.8) is 0 Å². The van der Waals surface area contributed by atoms with E-state index in [0.717, 1.165) is 19.3 Å². The summed E-state index contributed by atoms with van der Waals surface area (Å²) in [6.07, 6.45) is 3.83. The number of hydrogen-bond acceptors (Lipinski definition) is 3. The molecule has 0 saturated heterocycles. The lowest BCUT2D eigenvalue weighted by Crippen LogP contribution is -2.41. The lowest BCUT2D eigenvalue weighted by atomic mass is 9.98. The monoisotopic (exact) mass is 172 g/mol. The van der Waals surface area contributed by atoms with Gasteiger partial charge < -0.3 is 10.2 Å². The van der Waals surface area contributed by atoms with Crippen LogP contribution in [0.25, 0.3) is 0 Å². The third kappa shape index (κ3) is 0.949. The van der Waals surface area contributed by atoms with E-state index in [0.29, 0.717) is 0 Å². The molecule has 2 aliphatic rings. The fraction of sp³-hybridized carbons (Fsp3) is 0.750. The van der Waals surface area contributed by atoms with Crippen LogP contribution in [-0.2, 0) is 0 Å². The van der Waals surface area contributed by atoms with Gasteiger partial charge in [0.1, 0.15) is 0 Å². The van der Waals surface area contributed by atoms with Crippen LogP contribution < -0.4 is 0 Å². The van der Waals surface area contributed by atoms with Crippen molar-refractivity contribution in [3.8, 4) is 0 Å². The summed E-state index contributed by atoms with van der Waals surface area (Å²) in [5.41, 5.74) is 0. The molecule has 2 N–H and O–H groups in total. The SMILES string of the molecule is O[C@@H]1CCC[C@]12SC=C[C@@H]2O. The Morgan fingerprint density at radius 3 is 2.73 bits per heavy atom. The van der Waals surface area contributed by atoms with Crippen molar-refractivity contribution in [2.75, 3.05) is 0 Å². The minimum Gasteiger partial charge on any atom is -0.392 e. The maximum atomic E-state index is 9.63. The Morgan fingerprint density at radius 1 is 1.45 bits per heavy atom. The predicted octanol–water partition coefficient (Wildman–Crippen LogP) is 0.891. The van der Waals surface area contributed by atoms with E-state index in [4.69, 9.17) is 0 Å². The van der Waals surface area contributed by atoms with Crippen LogP contribution in [0.2, 0.25) is 0 Å². The fourth-order valence-electron chi connectivity index (χ4n) is 1.94. The van der Waals surface area contributed by atoms with Gasteiger partial charge in [-0.25, -0.2) is 0 Å². The molecule has 0 bridgehead atoms. The molecule has 3 heteroatoms. The van der Waals surface area contributed by atoms with E-state index in [1.165, 1.54) is 0 Å². The molecule has 1 spiro atoms. The van der Waals surface area contributed by atoms with Gasteiger partial charge in [-0.1, -0.05) is 0 Å². The largest absolute Gasteiger partial charge is 0.392 e. The zero-order chi connectivity index (χ0) is 7.90. The second-order valence-electron chi connectivity index (χ2n) is 3.25. The predicted molar refractivity (Wildman–Crippen MR) is 45.3 cm³/mol. The second-order valence-corrected chi connectivity index (χ2v) is 4.52. The third-order valence-electron chi connectivity index (χ3n) is 2.66. The molecule has 2 nitrogen and oxygen atoms in total. The number of aliphatic hydroxyl groups excluding tert-OH is 2. The van der Waals surface area contributed by atoms with Crippen LogP contribution in [0.4, 0.5) is 0 Å². The average molecular weight is 172 g/mol. The smallest absolute Gasteiger partial charge is 0.0904 e. The Labute approximate surface area is 70.3 Å². The molecule has 62 valence electrons. The maximum absolute atomic E-state index is 9.63. The summed E-state index contributed by atoms with van der Waals surface area (Å²) in [5, 5.41) is 21.1. The minimum absolute atomic E-state index is 0.278. The highest BCUT2D eigenvalue weighted by Crippen LogP contribution is 2.48. The number of aliphatic hydroxyl groups is 2. The van der Waals surface area contributed by atoms with Gasteiger partial charge in [-0.05, 0) is 30.7 Å². The summed E-state index contributed by atoms with van der Waals surface area (Å²) >= 11 is 1.59. The molecule has 3 atom stereocenters. The lowest BCUT2D eigenvalue weighted by molar-refractivity contribution is 0.0809. The molecule has 2 rings (SSSR count). The molecule has 1 aliphatic carbocycles. The lowest BCUT2D eigenvalue weighted by Gasteiger charge is -2.29. The van der Waals surface area contributed by atoms with Gasteiger partial charge in [0.15, 0.2) is 0 Å². The van der Waals surface area contributed by atoms with Crippen LogP contribution in [0.5, 0.6) is 0 Å². The Morgan fingerprint density at radius 2 is 2.27 bits per heavy atom. The molecule has 11 heavy (non-hydrogen) atoms. The van der Waals surface area contributed by atoms with Crippen LogP contribution in [0, 0.1) is 0 Å². The maximum Gasteiger partial charge on any atom is 0.0904 e. The summed E-state index contributed by atoms with van der Waals surface area (Å²) in [7, 11) is 0. The zero-order valence-electron chi connectivity index (χ0n) is 6.23. The van der Waals surface area contributed by atoms with Gasteiger partial charge in [0.2, 0.25) is 0 Å². The van der Waals surface area contributed by atoms with Gasteiger partial charge >= 0.3 is 0 Å². The number of hydrogen-bond donors (Lipinski definition) is 2. The van der Waals surface area contributed by atoms with E-state index in [1.807, 2.05) is 5.41 Å². The Hall–Kier alpha value is 0.01000. The van der Waals surface area contributed by atoms with Crippen molar-refractivity contribution in [1.29, 1.82) is 0 Å². The number of thioether (sulfide) groups is 1. The molecule has 0 aromatic heterocycles. The summed E-state index contributed by atoms with van der Waals surface area (Å²) in [6, 6.07) is 0. The molecule has 0 unspecified atom stereocenters. The Kier molecular flexibility index (Phi) is 1.74. The van der Waals surface area contributed by atoms with Gasteiger partial charge in [-0.15, -0.1) is 11.8 Å². The van der Waals surface area contributed by atoms with E-state index in [-0.39, 0.29) is 10.9 Å². The molecule has 1 heterocycles. The molecule has 1 aliphatic heterocycles. The van der Waals surface area contributed by atoms with Crippen LogP contribution in [0.1, 0.15) is 19.3 Å². The second kappa shape index (κ2) is 2.51. The standard InChI is InChI=1S/C8H12O2S/c9-6-2-1-4-8(6)7(10)3-5-11-8/h3,5-7,9-10H,1-2,4H2/t6-,7+,8+/m1/s1. The summed E-state index contributed by atoms with van der Waals surface area (Å²) in [4.78, 5) is 0. The highest BCUT2D eigenvalue weighted by molar-refractivity contribution is 8.03. The van der Waals surface area contributed by atoms with E-state index < -0.39 is 6.10 Å². The minimum atomic E-state index is -0.440. The average Bonchev–Trinajstić information content (AvgIpc) is 2.48. The molecule has 0 radical (unpaired) electrons. The van der Waals surface area contributed by atoms with Crippen molar-refractivity contribution in [3.05, 3.63) is 11.5 Å². The first-order chi connectivity index (χ1) is 5.26. The molecule has 0 aromatic rings. The molecule has 1 saturated carbocycles. The van der Waals surface area contributed by atoms with Crippen LogP contribution in [-0.4, -0.2) is 27.2 Å². The molecule has 0 aromatic carbocycles. The van der Waals surface area contributed by atoms with E-state index in [2.05, 4.69) is 0 Å². The van der Waals surface area contributed by atoms with Gasteiger partial charge in [0.25, 0.3) is 0 Å². The highest BCUT2D eigenvalue weighted by Gasteiger charge is 2.49. The summed E-state index contributed by atoms with van der Waals surface area (Å²) in [5.74, 6) is 0.